The highest BCUT2D eigenvalue weighted by Crippen LogP contribution is 2.13. The minimum absolute atomic E-state index is 0.932. The van der Waals surface area contributed by atoms with Crippen LogP contribution in [-0.2, 0) is 0 Å². The van der Waals surface area contributed by atoms with E-state index in [1.54, 1.807) is 12.5 Å². The Hall–Kier alpha value is -1.70. The maximum atomic E-state index is 4.12. The van der Waals surface area contributed by atoms with E-state index < -0.39 is 0 Å². The van der Waals surface area contributed by atoms with E-state index >= 15 is 0 Å². The molecule has 2 rings (SSSR count). The average Bonchev–Trinajstić information content (AvgIpc) is 2.21. The van der Waals surface area contributed by atoms with Crippen LogP contribution in [0.2, 0.25) is 0 Å². The Morgan fingerprint density at radius 3 is 2.92 bits per heavy atom. The van der Waals surface area contributed by atoms with E-state index in [1.165, 1.54) is 0 Å². The number of nitrogens with zero attached hydrogens (tertiary/aromatic N) is 2. The molecule has 0 saturated heterocycles. The third-order valence-corrected chi connectivity index (χ3v) is 1.58. The minimum atomic E-state index is 0.932. The van der Waals surface area contributed by atoms with Gasteiger partial charge in [0.05, 0.1) is 5.69 Å². The standard InChI is InChI=1S/C10H7N2/c1-2-4-9(5-3-1)10-6-7-11-8-12-10/h1-2,4-8H. The van der Waals surface area contributed by atoms with Crippen LogP contribution >= 0.6 is 0 Å². The zero-order valence-corrected chi connectivity index (χ0v) is 6.44. The minimum Gasteiger partial charge on any atom is -0.245 e. The van der Waals surface area contributed by atoms with Crippen LogP contribution in [0.25, 0.3) is 11.3 Å². The maximum Gasteiger partial charge on any atom is 0.116 e. The number of benzene rings is 1. The third kappa shape index (κ3) is 1.32. The predicted octanol–water partition coefficient (Wildman–Crippen LogP) is 1.94. The summed E-state index contributed by atoms with van der Waals surface area (Å²) in [5.74, 6) is 0. The van der Waals surface area contributed by atoms with Crippen molar-refractivity contribution < 1.29 is 0 Å². The molecule has 0 fully saturated rings. The fourth-order valence-electron chi connectivity index (χ4n) is 1.01. The van der Waals surface area contributed by atoms with Crippen molar-refractivity contribution in [3.63, 3.8) is 0 Å². The van der Waals surface area contributed by atoms with Crippen LogP contribution in [0.3, 0.4) is 0 Å². The highest BCUT2D eigenvalue weighted by Gasteiger charge is 1.94. The lowest BCUT2D eigenvalue weighted by Crippen LogP contribution is -1.82. The summed E-state index contributed by atoms with van der Waals surface area (Å²) in [4.78, 5) is 7.97. The average molecular weight is 155 g/mol. The van der Waals surface area contributed by atoms with E-state index in [-0.39, 0.29) is 0 Å². The number of rotatable bonds is 1. The van der Waals surface area contributed by atoms with Gasteiger partial charge in [-0.05, 0) is 18.2 Å². The van der Waals surface area contributed by atoms with E-state index in [1.807, 2.05) is 30.3 Å². The molecule has 0 saturated carbocycles. The number of hydrogen-bond acceptors (Lipinski definition) is 2. The summed E-state index contributed by atoms with van der Waals surface area (Å²) in [6.45, 7) is 0. The van der Waals surface area contributed by atoms with Crippen molar-refractivity contribution in [1.82, 2.24) is 9.97 Å². The van der Waals surface area contributed by atoms with Gasteiger partial charge in [0.1, 0.15) is 6.33 Å². The largest absolute Gasteiger partial charge is 0.245 e. The van der Waals surface area contributed by atoms with Crippen molar-refractivity contribution in [3.8, 4) is 11.3 Å². The first-order valence-corrected chi connectivity index (χ1v) is 3.69. The monoisotopic (exact) mass is 155 g/mol. The first kappa shape index (κ1) is 6.98. The van der Waals surface area contributed by atoms with Crippen molar-refractivity contribution in [1.29, 1.82) is 0 Å². The van der Waals surface area contributed by atoms with Crippen molar-refractivity contribution in [2.24, 2.45) is 0 Å². The van der Waals surface area contributed by atoms with Gasteiger partial charge in [0.2, 0.25) is 0 Å². The Bertz CT molecular complexity index is 305. The second-order valence-electron chi connectivity index (χ2n) is 2.39. The molecule has 0 aliphatic heterocycles. The van der Waals surface area contributed by atoms with Gasteiger partial charge in [0.25, 0.3) is 0 Å². The second kappa shape index (κ2) is 3.13. The highest BCUT2D eigenvalue weighted by molar-refractivity contribution is 5.57. The molecule has 1 radical (unpaired) electrons. The summed E-state index contributed by atoms with van der Waals surface area (Å²) in [6.07, 6.45) is 3.28. The third-order valence-electron chi connectivity index (χ3n) is 1.58. The Morgan fingerprint density at radius 1 is 1.25 bits per heavy atom. The quantitative estimate of drug-likeness (QED) is 0.629. The normalized spacial score (nSPS) is 9.67. The summed E-state index contributed by atoms with van der Waals surface area (Å²) < 4.78 is 0. The number of hydrogen-bond donors (Lipinski definition) is 0. The molecule has 0 bridgehead atoms. The van der Waals surface area contributed by atoms with E-state index in [4.69, 9.17) is 0 Å². The van der Waals surface area contributed by atoms with Crippen molar-refractivity contribution >= 4 is 0 Å². The van der Waals surface area contributed by atoms with Crippen LogP contribution < -0.4 is 0 Å². The molecule has 1 aromatic heterocycles. The molecule has 0 spiro atoms. The lowest BCUT2D eigenvalue weighted by atomic mass is 10.1. The molecule has 1 aromatic carbocycles. The molecule has 0 N–H and O–H groups in total. The molecule has 57 valence electrons. The van der Waals surface area contributed by atoms with Gasteiger partial charge >= 0.3 is 0 Å². The fraction of sp³-hybridized carbons (Fsp3) is 0. The van der Waals surface area contributed by atoms with Gasteiger partial charge in [0.15, 0.2) is 0 Å². The van der Waals surface area contributed by atoms with E-state index in [9.17, 15) is 0 Å². The lowest BCUT2D eigenvalue weighted by molar-refractivity contribution is 1.17. The molecule has 0 aliphatic rings. The molecule has 2 nitrogen and oxygen atoms in total. The second-order valence-corrected chi connectivity index (χ2v) is 2.39. The molecule has 1 heterocycles. The Kier molecular flexibility index (Phi) is 1.82. The zero-order chi connectivity index (χ0) is 8.23. The van der Waals surface area contributed by atoms with Crippen LogP contribution in [0, 0.1) is 6.07 Å². The molecule has 0 atom stereocenters. The SMILES string of the molecule is [c]1cccc(-c2ccncn2)c1. The van der Waals surface area contributed by atoms with Crippen molar-refractivity contribution in [2.75, 3.05) is 0 Å². The van der Waals surface area contributed by atoms with Gasteiger partial charge in [-0.1, -0.05) is 18.2 Å². The fourth-order valence-corrected chi connectivity index (χ4v) is 1.01. The topological polar surface area (TPSA) is 25.8 Å². The van der Waals surface area contributed by atoms with E-state index in [0.29, 0.717) is 0 Å². The van der Waals surface area contributed by atoms with Crippen molar-refractivity contribution in [2.45, 2.75) is 0 Å². The Balaban J connectivity index is 2.46. The van der Waals surface area contributed by atoms with Crippen LogP contribution in [-0.4, -0.2) is 9.97 Å². The Morgan fingerprint density at radius 2 is 2.25 bits per heavy atom. The van der Waals surface area contributed by atoms with Gasteiger partial charge in [-0.25, -0.2) is 9.97 Å². The van der Waals surface area contributed by atoms with Gasteiger partial charge in [0, 0.05) is 11.8 Å². The molecule has 0 unspecified atom stereocenters. The van der Waals surface area contributed by atoms with Gasteiger partial charge in [-0.3, -0.25) is 0 Å². The maximum absolute atomic E-state index is 4.12. The van der Waals surface area contributed by atoms with Crippen LogP contribution in [0.15, 0.2) is 42.9 Å². The first-order valence-electron chi connectivity index (χ1n) is 3.69. The van der Waals surface area contributed by atoms with E-state index in [2.05, 4.69) is 16.0 Å². The van der Waals surface area contributed by atoms with Gasteiger partial charge in [-0.15, -0.1) is 0 Å². The molecule has 0 aliphatic carbocycles. The molecule has 12 heavy (non-hydrogen) atoms. The predicted molar refractivity (Wildman–Crippen MR) is 46.3 cm³/mol. The highest BCUT2D eigenvalue weighted by atomic mass is 14.8. The molecule has 2 heteroatoms. The van der Waals surface area contributed by atoms with Gasteiger partial charge < -0.3 is 0 Å². The van der Waals surface area contributed by atoms with Crippen LogP contribution in [0.1, 0.15) is 0 Å². The summed E-state index contributed by atoms with van der Waals surface area (Å²) in [7, 11) is 0. The van der Waals surface area contributed by atoms with Crippen LogP contribution in [0.5, 0.6) is 0 Å². The lowest BCUT2D eigenvalue weighted by Gasteiger charge is -1.96. The van der Waals surface area contributed by atoms with Gasteiger partial charge in [-0.2, -0.15) is 0 Å². The smallest absolute Gasteiger partial charge is 0.116 e. The molecular formula is C10H7N2. The molecule has 2 aromatic rings. The number of aromatic nitrogens is 2. The zero-order valence-electron chi connectivity index (χ0n) is 6.44. The Labute approximate surface area is 70.9 Å². The summed E-state index contributed by atoms with van der Waals surface area (Å²) >= 11 is 0. The summed E-state index contributed by atoms with van der Waals surface area (Å²) in [5, 5.41) is 0. The summed E-state index contributed by atoms with van der Waals surface area (Å²) in [5.41, 5.74) is 2.00. The van der Waals surface area contributed by atoms with Crippen LogP contribution in [0.4, 0.5) is 0 Å². The van der Waals surface area contributed by atoms with Crippen molar-refractivity contribution in [3.05, 3.63) is 48.9 Å². The molecule has 0 amide bonds. The summed E-state index contributed by atoms with van der Waals surface area (Å²) in [6, 6.07) is 12.6. The van der Waals surface area contributed by atoms with E-state index in [0.717, 1.165) is 11.3 Å². The molecular weight excluding hydrogens is 148 g/mol. The first-order chi connectivity index (χ1) is 5.97.